The average Bonchev–Trinajstić information content (AvgIpc) is 2.81. The quantitative estimate of drug-likeness (QED) is 0.149. The van der Waals surface area contributed by atoms with E-state index in [-0.39, 0.29) is 5.75 Å². The van der Waals surface area contributed by atoms with Crippen LogP contribution in [0.1, 0.15) is 5.56 Å². The molecule has 2 N–H and O–H groups in total. The normalized spacial score (nSPS) is 11.4. The van der Waals surface area contributed by atoms with Crippen LogP contribution in [0.4, 0.5) is 11.4 Å². The SMILES string of the molecule is COc1ccc2nc3cc(Cl)ccc3c(Nc3ccc(O)c(CN(CCCl)CCCl)c3)c2c1. The van der Waals surface area contributed by atoms with Crippen LogP contribution in [-0.2, 0) is 6.54 Å². The van der Waals surface area contributed by atoms with Crippen LogP contribution in [0.3, 0.4) is 0 Å². The molecule has 0 saturated heterocycles. The first-order valence-corrected chi connectivity index (χ1v) is 12.0. The fraction of sp³-hybridized carbons (Fsp3) is 0.240. The van der Waals surface area contributed by atoms with E-state index in [1.165, 1.54) is 0 Å². The van der Waals surface area contributed by atoms with Gasteiger partial charge in [-0.3, -0.25) is 4.90 Å². The van der Waals surface area contributed by atoms with E-state index in [1.807, 2.05) is 48.5 Å². The number of hydrogen-bond donors (Lipinski definition) is 2. The number of hydrogen-bond acceptors (Lipinski definition) is 5. The molecule has 4 aromatic rings. The number of anilines is 2. The lowest BCUT2D eigenvalue weighted by Gasteiger charge is -2.21. The van der Waals surface area contributed by atoms with Crippen molar-refractivity contribution in [1.82, 2.24) is 9.88 Å². The largest absolute Gasteiger partial charge is 0.508 e. The van der Waals surface area contributed by atoms with Crippen molar-refractivity contribution in [1.29, 1.82) is 0 Å². The zero-order valence-electron chi connectivity index (χ0n) is 18.1. The Kier molecular flexibility index (Phi) is 7.66. The number of fused-ring (bicyclic) bond motifs is 2. The minimum atomic E-state index is 0.229. The molecular formula is C25H24Cl3N3O2. The molecule has 0 atom stereocenters. The molecule has 0 aliphatic rings. The molecule has 33 heavy (non-hydrogen) atoms. The number of ether oxygens (including phenoxy) is 1. The fourth-order valence-electron chi connectivity index (χ4n) is 3.84. The highest BCUT2D eigenvalue weighted by Crippen LogP contribution is 2.36. The Balaban J connectivity index is 1.79. The van der Waals surface area contributed by atoms with E-state index >= 15 is 0 Å². The molecular weight excluding hydrogens is 481 g/mol. The number of aromatic hydroxyl groups is 1. The lowest BCUT2D eigenvalue weighted by Crippen LogP contribution is -2.27. The molecule has 0 unspecified atom stereocenters. The summed E-state index contributed by atoms with van der Waals surface area (Å²) in [6.45, 7) is 1.92. The van der Waals surface area contributed by atoms with Gasteiger partial charge in [-0.15, -0.1) is 23.2 Å². The van der Waals surface area contributed by atoms with Crippen LogP contribution >= 0.6 is 34.8 Å². The summed E-state index contributed by atoms with van der Waals surface area (Å²) >= 11 is 18.1. The first-order valence-electron chi connectivity index (χ1n) is 10.5. The first kappa shape index (κ1) is 23.7. The second-order valence-electron chi connectivity index (χ2n) is 7.65. The summed E-state index contributed by atoms with van der Waals surface area (Å²) < 4.78 is 5.45. The van der Waals surface area contributed by atoms with Crippen molar-refractivity contribution in [3.63, 3.8) is 0 Å². The Morgan fingerprint density at radius 2 is 1.73 bits per heavy atom. The highest BCUT2D eigenvalue weighted by Gasteiger charge is 2.14. The summed E-state index contributed by atoms with van der Waals surface area (Å²) in [6, 6.07) is 16.9. The molecule has 1 heterocycles. The van der Waals surface area contributed by atoms with Gasteiger partial charge in [0.15, 0.2) is 0 Å². The Morgan fingerprint density at radius 3 is 2.45 bits per heavy atom. The van der Waals surface area contributed by atoms with Gasteiger partial charge in [-0.25, -0.2) is 4.98 Å². The van der Waals surface area contributed by atoms with Crippen LogP contribution in [0, 0.1) is 0 Å². The molecule has 172 valence electrons. The molecule has 0 bridgehead atoms. The standard InChI is InChI=1S/C25H24Cl3N3O2/c1-33-19-4-6-22-21(14-19)25(20-5-2-17(28)13-23(20)30-22)29-18-3-7-24(32)16(12-18)15-31(10-8-26)11-9-27/h2-7,12-14,32H,8-11,15H2,1H3,(H,29,30). The maximum atomic E-state index is 10.5. The van der Waals surface area contributed by atoms with Gasteiger partial charge >= 0.3 is 0 Å². The first-order chi connectivity index (χ1) is 16.0. The van der Waals surface area contributed by atoms with E-state index < -0.39 is 0 Å². The molecule has 0 spiro atoms. The van der Waals surface area contributed by atoms with E-state index in [1.54, 1.807) is 13.2 Å². The molecule has 5 nitrogen and oxygen atoms in total. The number of nitrogens with one attached hydrogen (secondary N) is 1. The minimum Gasteiger partial charge on any atom is -0.508 e. The van der Waals surface area contributed by atoms with Crippen LogP contribution in [0.5, 0.6) is 11.5 Å². The van der Waals surface area contributed by atoms with Crippen molar-refractivity contribution < 1.29 is 9.84 Å². The van der Waals surface area contributed by atoms with Crippen molar-refractivity contribution in [2.24, 2.45) is 0 Å². The summed E-state index contributed by atoms with van der Waals surface area (Å²) in [7, 11) is 1.64. The topological polar surface area (TPSA) is 57.6 Å². The Hall–Kier alpha value is -2.44. The molecule has 3 aromatic carbocycles. The molecule has 0 radical (unpaired) electrons. The number of nitrogens with zero attached hydrogens (tertiary/aromatic N) is 2. The fourth-order valence-corrected chi connectivity index (χ4v) is 4.49. The number of phenols is 1. The van der Waals surface area contributed by atoms with E-state index in [9.17, 15) is 5.11 Å². The van der Waals surface area contributed by atoms with Crippen molar-refractivity contribution in [3.8, 4) is 11.5 Å². The summed E-state index contributed by atoms with van der Waals surface area (Å²) in [5.41, 5.74) is 4.13. The Labute approximate surface area is 207 Å². The van der Waals surface area contributed by atoms with Gasteiger partial charge in [0.05, 0.1) is 23.8 Å². The molecule has 0 saturated carbocycles. The van der Waals surface area contributed by atoms with Crippen LogP contribution < -0.4 is 10.1 Å². The zero-order valence-corrected chi connectivity index (χ0v) is 20.4. The number of rotatable bonds is 9. The van der Waals surface area contributed by atoms with E-state index in [2.05, 4.69) is 10.2 Å². The predicted molar refractivity (Wildman–Crippen MR) is 139 cm³/mol. The van der Waals surface area contributed by atoms with Crippen LogP contribution in [0.25, 0.3) is 21.8 Å². The second-order valence-corrected chi connectivity index (χ2v) is 8.85. The monoisotopic (exact) mass is 503 g/mol. The number of aromatic nitrogens is 1. The van der Waals surface area contributed by atoms with Crippen molar-refractivity contribution in [3.05, 3.63) is 65.2 Å². The molecule has 0 aliphatic heterocycles. The third kappa shape index (κ3) is 5.39. The number of benzene rings is 3. The zero-order chi connectivity index (χ0) is 23.4. The van der Waals surface area contributed by atoms with Crippen molar-refractivity contribution >= 4 is 68.0 Å². The second kappa shape index (κ2) is 10.7. The van der Waals surface area contributed by atoms with Gasteiger partial charge in [-0.1, -0.05) is 11.6 Å². The average molecular weight is 505 g/mol. The van der Waals surface area contributed by atoms with E-state index in [4.69, 9.17) is 44.5 Å². The molecule has 0 aliphatic carbocycles. The molecule has 0 amide bonds. The van der Waals surface area contributed by atoms with Crippen LogP contribution in [-0.4, -0.2) is 46.9 Å². The van der Waals surface area contributed by atoms with E-state index in [0.717, 1.165) is 44.5 Å². The molecule has 4 rings (SSSR count). The number of halogens is 3. The van der Waals surface area contributed by atoms with Crippen molar-refractivity contribution in [2.75, 3.05) is 37.3 Å². The van der Waals surface area contributed by atoms with Crippen LogP contribution in [0.2, 0.25) is 5.02 Å². The van der Waals surface area contributed by atoms with E-state index in [0.29, 0.717) is 36.4 Å². The lowest BCUT2D eigenvalue weighted by atomic mass is 10.1. The lowest BCUT2D eigenvalue weighted by molar-refractivity contribution is 0.294. The number of phenolic OH excluding ortho intramolecular Hbond substituents is 1. The summed E-state index contributed by atoms with van der Waals surface area (Å²) in [5.74, 6) is 1.96. The smallest absolute Gasteiger partial charge is 0.120 e. The van der Waals surface area contributed by atoms with Gasteiger partial charge in [0.25, 0.3) is 0 Å². The Morgan fingerprint density at radius 1 is 0.939 bits per heavy atom. The van der Waals surface area contributed by atoms with Crippen molar-refractivity contribution in [2.45, 2.75) is 6.54 Å². The third-order valence-electron chi connectivity index (χ3n) is 5.49. The van der Waals surface area contributed by atoms with Gasteiger partial charge in [-0.05, 0) is 54.6 Å². The third-order valence-corrected chi connectivity index (χ3v) is 6.06. The summed E-state index contributed by atoms with van der Waals surface area (Å²) in [4.78, 5) is 6.89. The predicted octanol–water partition coefficient (Wildman–Crippen LogP) is 6.78. The molecule has 0 fully saturated rings. The maximum Gasteiger partial charge on any atom is 0.120 e. The summed E-state index contributed by atoms with van der Waals surface area (Å²) in [6.07, 6.45) is 0. The molecule has 8 heteroatoms. The highest BCUT2D eigenvalue weighted by molar-refractivity contribution is 6.31. The Bertz CT molecular complexity index is 1280. The van der Waals surface area contributed by atoms with Gasteiger partial charge < -0.3 is 15.2 Å². The minimum absolute atomic E-state index is 0.229. The number of pyridine rings is 1. The number of methoxy groups -OCH3 is 1. The van der Waals surface area contributed by atoms with Gasteiger partial charge in [0, 0.05) is 58.4 Å². The number of alkyl halides is 2. The maximum absolute atomic E-state index is 10.5. The molecule has 1 aromatic heterocycles. The summed E-state index contributed by atoms with van der Waals surface area (Å²) in [5, 5.41) is 16.5. The van der Waals surface area contributed by atoms with Gasteiger partial charge in [0.1, 0.15) is 11.5 Å². The van der Waals surface area contributed by atoms with Crippen LogP contribution in [0.15, 0.2) is 54.6 Å². The van der Waals surface area contributed by atoms with Gasteiger partial charge in [-0.2, -0.15) is 0 Å². The highest BCUT2D eigenvalue weighted by atomic mass is 35.5. The van der Waals surface area contributed by atoms with Gasteiger partial charge in [0.2, 0.25) is 0 Å².